The molecule has 0 saturated carbocycles. The minimum absolute atomic E-state index is 0.229. The number of aromatic nitrogens is 2. The molecule has 6 heteroatoms. The average molecular weight is 464 g/mol. The Morgan fingerprint density at radius 2 is 1.69 bits per heavy atom. The Morgan fingerprint density at radius 1 is 0.943 bits per heavy atom. The fourth-order valence-electron chi connectivity index (χ4n) is 5.37. The highest BCUT2D eigenvalue weighted by molar-refractivity contribution is 6.21. The first-order chi connectivity index (χ1) is 17.0. The number of fused-ring (bicyclic) bond motifs is 5. The molecule has 1 aliphatic heterocycles. The number of carbonyl (C=O) groups excluding carboxylic acids is 2. The van der Waals surface area contributed by atoms with Crippen molar-refractivity contribution in [1.82, 2.24) is 14.5 Å². The van der Waals surface area contributed by atoms with E-state index in [0.29, 0.717) is 24.2 Å². The lowest BCUT2D eigenvalue weighted by molar-refractivity contribution is 0.0579. The van der Waals surface area contributed by atoms with E-state index in [1.165, 1.54) is 26.8 Å². The molecule has 174 valence electrons. The van der Waals surface area contributed by atoms with Gasteiger partial charge in [-0.25, -0.2) is 0 Å². The number of pyridine rings is 1. The summed E-state index contributed by atoms with van der Waals surface area (Å²) in [4.78, 5) is 31.1. The van der Waals surface area contributed by atoms with Gasteiger partial charge in [0.25, 0.3) is 11.8 Å². The smallest absolute Gasteiger partial charge is 0.261 e. The summed E-state index contributed by atoms with van der Waals surface area (Å²) in [6.07, 6.45) is 4.29. The topological polar surface area (TPSA) is 64.4 Å². The summed E-state index contributed by atoms with van der Waals surface area (Å²) in [6.45, 7) is 4.44. The zero-order chi connectivity index (χ0) is 24.3. The van der Waals surface area contributed by atoms with Gasteiger partial charge in [-0.1, -0.05) is 12.1 Å². The molecule has 0 saturated heterocycles. The first-order valence-corrected chi connectivity index (χ1v) is 11.8. The molecule has 5 aromatic rings. The highest BCUT2D eigenvalue weighted by Crippen LogP contribution is 2.36. The van der Waals surface area contributed by atoms with E-state index in [9.17, 15) is 9.59 Å². The molecule has 0 radical (unpaired) electrons. The Morgan fingerprint density at radius 3 is 2.43 bits per heavy atom. The number of imide groups is 1. The SMILES string of the molecule is Cc1c2ccncc2cc2c3cc(OCCC(C)N4C(=O)c5ccccc5C4=O)ccc3n(C)c12. The predicted molar refractivity (Wildman–Crippen MR) is 137 cm³/mol. The van der Waals surface area contributed by atoms with Crippen LogP contribution in [0.2, 0.25) is 0 Å². The van der Waals surface area contributed by atoms with Crippen molar-refractivity contribution >= 4 is 44.4 Å². The van der Waals surface area contributed by atoms with E-state index in [4.69, 9.17) is 4.74 Å². The van der Waals surface area contributed by atoms with Crippen LogP contribution in [0, 0.1) is 6.92 Å². The molecule has 0 fully saturated rings. The minimum atomic E-state index is -0.259. The van der Waals surface area contributed by atoms with Crippen molar-refractivity contribution in [2.75, 3.05) is 6.61 Å². The zero-order valence-corrected chi connectivity index (χ0v) is 19.9. The zero-order valence-electron chi connectivity index (χ0n) is 19.9. The van der Waals surface area contributed by atoms with Crippen LogP contribution in [0.1, 0.15) is 39.6 Å². The van der Waals surface area contributed by atoms with Gasteiger partial charge in [-0.05, 0) is 67.3 Å². The highest BCUT2D eigenvalue weighted by atomic mass is 16.5. The monoisotopic (exact) mass is 463 g/mol. The van der Waals surface area contributed by atoms with Gasteiger partial charge in [-0.2, -0.15) is 0 Å². The van der Waals surface area contributed by atoms with Crippen LogP contribution in [-0.2, 0) is 7.05 Å². The van der Waals surface area contributed by atoms with Crippen molar-refractivity contribution in [2.24, 2.45) is 7.05 Å². The Labute approximate surface area is 202 Å². The van der Waals surface area contributed by atoms with Gasteiger partial charge in [0, 0.05) is 53.6 Å². The van der Waals surface area contributed by atoms with Gasteiger partial charge in [0.05, 0.1) is 23.3 Å². The lowest BCUT2D eigenvalue weighted by Gasteiger charge is -2.22. The molecule has 2 aromatic heterocycles. The van der Waals surface area contributed by atoms with Crippen LogP contribution in [0.25, 0.3) is 32.6 Å². The number of hydrogen-bond donors (Lipinski definition) is 0. The summed E-state index contributed by atoms with van der Waals surface area (Å²) < 4.78 is 8.33. The number of amides is 2. The van der Waals surface area contributed by atoms with E-state index in [2.05, 4.69) is 47.8 Å². The molecule has 1 unspecified atom stereocenters. The third-order valence-corrected chi connectivity index (χ3v) is 7.19. The van der Waals surface area contributed by atoms with Crippen LogP contribution in [0.5, 0.6) is 5.75 Å². The van der Waals surface area contributed by atoms with Crippen LogP contribution in [0.15, 0.2) is 67.0 Å². The molecule has 2 amide bonds. The molecule has 1 aliphatic rings. The molecule has 0 bridgehead atoms. The molecular weight excluding hydrogens is 438 g/mol. The standard InChI is InChI=1S/C29H25N3O3/c1-17(32-28(33)22-6-4-5-7-23(22)29(32)34)11-13-35-20-8-9-26-24(15-20)25-14-19-16-30-12-10-21(19)18(2)27(25)31(26)3/h4-10,12,14-17H,11,13H2,1-3H3. The maximum Gasteiger partial charge on any atom is 0.261 e. The Kier molecular flexibility index (Phi) is 4.85. The first kappa shape index (κ1) is 21.4. The summed E-state index contributed by atoms with van der Waals surface area (Å²) in [7, 11) is 2.09. The van der Waals surface area contributed by atoms with Gasteiger partial charge in [-0.15, -0.1) is 0 Å². The normalized spacial score (nSPS) is 14.3. The third kappa shape index (κ3) is 3.21. The Bertz CT molecular complexity index is 1630. The fraction of sp³-hybridized carbons (Fsp3) is 0.207. The lowest BCUT2D eigenvalue weighted by atomic mass is 10.0. The second kappa shape index (κ2) is 7.94. The highest BCUT2D eigenvalue weighted by Gasteiger charge is 2.37. The number of nitrogens with zero attached hydrogens (tertiary/aromatic N) is 3. The maximum absolute atomic E-state index is 12.7. The van der Waals surface area contributed by atoms with Crippen LogP contribution >= 0.6 is 0 Å². The quantitative estimate of drug-likeness (QED) is 0.316. The number of benzene rings is 3. The van der Waals surface area contributed by atoms with Crippen molar-refractivity contribution in [3.05, 3.63) is 83.7 Å². The van der Waals surface area contributed by atoms with Gasteiger partial charge >= 0.3 is 0 Å². The number of carbonyl (C=O) groups is 2. The van der Waals surface area contributed by atoms with Gasteiger partial charge < -0.3 is 9.30 Å². The third-order valence-electron chi connectivity index (χ3n) is 7.19. The minimum Gasteiger partial charge on any atom is -0.493 e. The fourth-order valence-corrected chi connectivity index (χ4v) is 5.37. The van der Waals surface area contributed by atoms with E-state index in [1.54, 1.807) is 24.3 Å². The van der Waals surface area contributed by atoms with Gasteiger partial charge in [0.1, 0.15) is 5.75 Å². The van der Waals surface area contributed by atoms with Gasteiger partial charge in [0.15, 0.2) is 0 Å². The molecule has 35 heavy (non-hydrogen) atoms. The predicted octanol–water partition coefficient (Wildman–Crippen LogP) is 5.64. The second-order valence-electron chi connectivity index (χ2n) is 9.24. The van der Waals surface area contributed by atoms with E-state index in [-0.39, 0.29) is 17.9 Å². The summed E-state index contributed by atoms with van der Waals surface area (Å²) in [5.74, 6) is 0.309. The van der Waals surface area contributed by atoms with Gasteiger partial charge in [-0.3, -0.25) is 19.5 Å². The maximum atomic E-state index is 12.7. The molecule has 3 heterocycles. The van der Waals surface area contributed by atoms with Crippen LogP contribution < -0.4 is 4.74 Å². The number of hydrogen-bond acceptors (Lipinski definition) is 4. The van der Waals surface area contributed by atoms with Crippen LogP contribution in [0.4, 0.5) is 0 Å². The number of ether oxygens (including phenoxy) is 1. The molecule has 0 aliphatic carbocycles. The van der Waals surface area contributed by atoms with Gasteiger partial charge in [0.2, 0.25) is 0 Å². The van der Waals surface area contributed by atoms with Crippen molar-refractivity contribution < 1.29 is 14.3 Å². The van der Waals surface area contributed by atoms with E-state index >= 15 is 0 Å². The van der Waals surface area contributed by atoms with E-state index in [1.807, 2.05) is 25.4 Å². The van der Waals surface area contributed by atoms with E-state index in [0.717, 1.165) is 22.0 Å². The molecule has 0 N–H and O–H groups in total. The van der Waals surface area contributed by atoms with Crippen molar-refractivity contribution in [3.63, 3.8) is 0 Å². The summed E-state index contributed by atoms with van der Waals surface area (Å²) in [5, 5.41) is 4.62. The number of aryl methyl sites for hydroxylation is 2. The molecule has 1 atom stereocenters. The van der Waals surface area contributed by atoms with E-state index < -0.39 is 0 Å². The van der Waals surface area contributed by atoms with Crippen LogP contribution in [-0.4, -0.2) is 38.9 Å². The van der Waals surface area contributed by atoms with Crippen molar-refractivity contribution in [1.29, 1.82) is 0 Å². The second-order valence-corrected chi connectivity index (χ2v) is 9.24. The number of rotatable bonds is 5. The summed E-state index contributed by atoms with van der Waals surface area (Å²) in [5.41, 5.74) is 4.53. The lowest BCUT2D eigenvalue weighted by Crippen LogP contribution is -2.38. The Balaban J connectivity index is 1.25. The molecule has 6 nitrogen and oxygen atoms in total. The molecule has 0 spiro atoms. The van der Waals surface area contributed by atoms with Crippen molar-refractivity contribution in [2.45, 2.75) is 26.3 Å². The molecule has 3 aromatic carbocycles. The Hall–Kier alpha value is -4.19. The average Bonchev–Trinajstić information content (AvgIpc) is 3.29. The molecular formula is C29H25N3O3. The largest absolute Gasteiger partial charge is 0.493 e. The summed E-state index contributed by atoms with van der Waals surface area (Å²) in [6, 6.07) is 17.1. The first-order valence-electron chi connectivity index (χ1n) is 11.8. The van der Waals surface area contributed by atoms with Crippen LogP contribution in [0.3, 0.4) is 0 Å². The molecule has 6 rings (SSSR count). The summed E-state index contributed by atoms with van der Waals surface area (Å²) >= 11 is 0. The van der Waals surface area contributed by atoms with Crippen molar-refractivity contribution in [3.8, 4) is 5.75 Å².